The maximum absolute atomic E-state index is 13.5. The molecule has 6 heterocycles. The van der Waals surface area contributed by atoms with E-state index in [0.717, 1.165) is 6.08 Å². The molecule has 39 heteroatoms. The van der Waals surface area contributed by atoms with Crippen molar-refractivity contribution in [2.45, 2.75) is 304 Å². The Morgan fingerprint density at radius 1 is 0.396 bits per heavy atom. The van der Waals surface area contributed by atoms with Gasteiger partial charge >= 0.3 is 23.9 Å². The van der Waals surface area contributed by atoms with Crippen molar-refractivity contribution in [2.75, 3.05) is 40.1 Å². The highest BCUT2D eigenvalue weighted by molar-refractivity contribution is 5.90. The number of esters is 3. The number of aliphatic hydroxyl groups excluding tert-OH is 19. The van der Waals surface area contributed by atoms with E-state index in [1.54, 1.807) is 12.2 Å². The van der Waals surface area contributed by atoms with Crippen molar-refractivity contribution in [3.63, 3.8) is 0 Å². The molecule has 37 atom stereocenters. The van der Waals surface area contributed by atoms with Crippen LogP contribution < -0.4 is 0 Å². The van der Waals surface area contributed by atoms with Crippen LogP contribution in [0, 0.1) is 23.7 Å². The Hall–Kier alpha value is -3.88. The largest absolute Gasteiger partial charge is 0.481 e. The summed E-state index contributed by atoms with van der Waals surface area (Å²) >= 11 is 0. The van der Waals surface area contributed by atoms with Gasteiger partial charge in [0, 0.05) is 31.6 Å². The van der Waals surface area contributed by atoms with E-state index in [9.17, 15) is 116 Å². The molecule has 39 nitrogen and oxygen atoms in total. The molecule has 10 rings (SSSR count). The fraction of sp³-hybridized carbons (Fsp3) is 0.881. The number of aliphatic carboxylic acids is 1. The van der Waals surface area contributed by atoms with Crippen LogP contribution in [-0.2, 0) is 90.2 Å². The summed E-state index contributed by atoms with van der Waals surface area (Å²) < 4.78 is 88.4. The number of carbonyl (C=O) groups is 4. The molecule has 6 saturated heterocycles. The Morgan fingerprint density at radius 2 is 0.858 bits per heavy atom. The van der Waals surface area contributed by atoms with Crippen LogP contribution in [0.4, 0.5) is 0 Å². The number of methoxy groups -OCH3 is 1. The second kappa shape index (κ2) is 38.1. The lowest BCUT2D eigenvalue weighted by atomic mass is 9.72. The van der Waals surface area contributed by atoms with Gasteiger partial charge in [0.1, 0.15) is 148 Å². The minimum absolute atomic E-state index is 0.0103. The van der Waals surface area contributed by atoms with Gasteiger partial charge in [-0.1, -0.05) is 12.2 Å². The molecule has 10 fully saturated rings. The summed E-state index contributed by atoms with van der Waals surface area (Å²) in [5.41, 5.74) is 0. The quantitative estimate of drug-likeness (QED) is 0.0165. The summed E-state index contributed by atoms with van der Waals surface area (Å²) in [7, 11) is 1.44. The second-order valence-corrected chi connectivity index (χ2v) is 29.2. The van der Waals surface area contributed by atoms with E-state index >= 15 is 0 Å². The molecule has 0 aromatic carbocycles. The van der Waals surface area contributed by atoms with Gasteiger partial charge in [-0.05, 0) is 94.8 Å². The molecule has 0 spiro atoms. The fourth-order valence-corrected chi connectivity index (χ4v) is 15.7. The van der Waals surface area contributed by atoms with Crippen LogP contribution in [0.15, 0.2) is 24.3 Å². The zero-order valence-electron chi connectivity index (χ0n) is 58.0. The molecule has 0 radical (unpaired) electrons. The maximum Gasteiger partial charge on any atom is 0.330 e. The molecular formula is C67H104O39. The Bertz CT molecular complexity index is 2850. The number of hydrogen-bond donors (Lipinski definition) is 20. The predicted octanol–water partition coefficient (Wildman–Crippen LogP) is -8.75. The average Bonchev–Trinajstić information content (AvgIpc) is 0.744. The number of hydrogen-bond acceptors (Lipinski definition) is 38. The highest BCUT2D eigenvalue weighted by atomic mass is 16.8. The number of fused-ring (bicyclic) bond motifs is 1. The fourth-order valence-electron chi connectivity index (χ4n) is 15.7. The molecule has 10 aliphatic rings. The van der Waals surface area contributed by atoms with Crippen LogP contribution in [0.25, 0.3) is 0 Å². The first-order valence-corrected chi connectivity index (χ1v) is 36.0. The zero-order valence-corrected chi connectivity index (χ0v) is 58.0. The predicted molar refractivity (Wildman–Crippen MR) is 341 cm³/mol. The lowest BCUT2D eigenvalue weighted by molar-refractivity contribution is -0.380. The number of ether oxygens (including phenoxy) is 15. The number of allylic oxidation sites excluding steroid dienone is 2. The van der Waals surface area contributed by atoms with E-state index in [2.05, 4.69) is 0 Å². The van der Waals surface area contributed by atoms with E-state index in [1.165, 1.54) is 13.2 Å². The molecule has 106 heavy (non-hydrogen) atoms. The number of rotatable bonds is 26. The van der Waals surface area contributed by atoms with E-state index in [4.69, 9.17) is 76.2 Å². The van der Waals surface area contributed by atoms with Crippen LogP contribution in [0.2, 0.25) is 0 Å². The summed E-state index contributed by atoms with van der Waals surface area (Å²) in [4.78, 5) is 49.7. The Labute approximate surface area is 607 Å². The third kappa shape index (κ3) is 20.5. The molecule has 0 bridgehead atoms. The van der Waals surface area contributed by atoms with Crippen LogP contribution in [0.3, 0.4) is 0 Å². The highest BCUT2D eigenvalue weighted by Crippen LogP contribution is 2.46. The van der Waals surface area contributed by atoms with Crippen molar-refractivity contribution in [3.8, 4) is 0 Å². The molecule has 0 amide bonds. The molecule has 12 unspecified atom stereocenters. The number of carboxylic acid groups (broad SMARTS) is 1. The van der Waals surface area contributed by atoms with Gasteiger partial charge in [-0.15, -0.1) is 0 Å². The third-order valence-corrected chi connectivity index (χ3v) is 22.0. The number of carboxylic acids is 1. The van der Waals surface area contributed by atoms with Gasteiger partial charge < -0.3 is 173 Å². The van der Waals surface area contributed by atoms with Crippen molar-refractivity contribution < 1.29 is 192 Å². The first-order chi connectivity index (χ1) is 50.4. The van der Waals surface area contributed by atoms with Gasteiger partial charge in [-0.3, -0.25) is 9.59 Å². The minimum Gasteiger partial charge on any atom is -0.481 e. The molecule has 20 N–H and O–H groups in total. The first kappa shape index (κ1) is 84.6. The monoisotopic (exact) mass is 1530 g/mol. The standard InChI is InChI=1S/C67H104O39/c1-92-36-14-26(4-11-33(36)98-64-58(89)52(83)47(78)38(20-68)101-64)6-13-45(76)93-22-40-49(80)54(85)57(88)63(103-40)96-29-8-2-25(3-9-29)5-12-44(75)94-23-42-51(82)56(87)62(106-66-60(91)53(84)48(79)39(21-69)102-66)67(105-42)100-37-18-30-34(97-61(37)27-7-10-31(71)32(72)15-27)16-28(70)17-35(30)99-65-59(90)55(86)50(81)41(104-65)24-95-46(77)19-43(73)74/h5-6,12-13,25-42,47-72,78-91H,2-4,7-11,14-24H2,1H3,(H,73,74)/t25?,26?,27?,28?,29?,30?,31?,32?,33?,34?,35?,36?,37?,38-,39-,40-,41-,42-,47-,48-,49-,50-,51-,52+,53+,54+,55+,56+,57-,58-,59-,60-,61?,62-,63-,64-,65-,66+,67-/m1/s1. The summed E-state index contributed by atoms with van der Waals surface area (Å²) in [6, 6.07) is 0. The van der Waals surface area contributed by atoms with Gasteiger partial charge in [0.2, 0.25) is 0 Å². The molecule has 4 aliphatic carbocycles. The zero-order chi connectivity index (χ0) is 76.7. The third-order valence-electron chi connectivity index (χ3n) is 22.0. The summed E-state index contributed by atoms with van der Waals surface area (Å²) in [5.74, 6) is -6.39. The van der Waals surface area contributed by atoms with Crippen LogP contribution in [0.5, 0.6) is 0 Å². The van der Waals surface area contributed by atoms with E-state index in [1.807, 2.05) is 0 Å². The van der Waals surface area contributed by atoms with Crippen LogP contribution >= 0.6 is 0 Å². The van der Waals surface area contributed by atoms with Crippen molar-refractivity contribution in [1.29, 1.82) is 0 Å². The molecule has 606 valence electrons. The van der Waals surface area contributed by atoms with Gasteiger partial charge in [-0.25, -0.2) is 9.59 Å². The SMILES string of the molecule is COC1CC(C=CC(=O)OC[C@H]2O[C@@H](OC3CCC(C=CC(=O)OC[C@H]4O[C@@H](OC5CC6C(CC(O)CC6O[C@@H]6O[C@H](COC(=O)CC(=O)O)[C@@H](O)[C@H](O)[C@H]6O)OC5C5CCC(O)C(O)C5)[C@H](O[C@@H]5O[C@H](CO)[C@@H](O)[C@H](O)[C@H]5O)[C@@H](O)[C@@H]4O)CC3)[C@H](O)[C@@H](O)[C@@H]2O)CCC1O[C@@H]1O[C@H](CO)[C@@H](O)[C@H](O)[C@H]1O. The Balaban J connectivity index is 0.750. The highest BCUT2D eigenvalue weighted by Gasteiger charge is 2.57. The summed E-state index contributed by atoms with van der Waals surface area (Å²) in [6.07, 6.45) is -45.8. The lowest BCUT2D eigenvalue weighted by Gasteiger charge is -2.53. The van der Waals surface area contributed by atoms with Gasteiger partial charge in [0.25, 0.3) is 0 Å². The van der Waals surface area contributed by atoms with Crippen molar-refractivity contribution in [3.05, 3.63) is 24.3 Å². The maximum atomic E-state index is 13.5. The van der Waals surface area contributed by atoms with E-state index in [0.29, 0.717) is 44.9 Å². The molecular weight excluding hydrogens is 1430 g/mol. The van der Waals surface area contributed by atoms with Crippen LogP contribution in [0.1, 0.15) is 89.9 Å². The minimum atomic E-state index is -2.09. The Kier molecular flexibility index (Phi) is 30.4. The normalized spacial score (nSPS) is 47.6. The summed E-state index contributed by atoms with van der Waals surface area (Å²) in [6.45, 7) is -3.62. The molecule has 4 saturated carbocycles. The van der Waals surface area contributed by atoms with Gasteiger partial charge in [-0.2, -0.15) is 0 Å². The van der Waals surface area contributed by atoms with E-state index in [-0.39, 0.29) is 50.4 Å². The first-order valence-electron chi connectivity index (χ1n) is 36.0. The average molecular weight is 1530 g/mol. The van der Waals surface area contributed by atoms with Gasteiger partial charge in [0.15, 0.2) is 31.5 Å². The number of carbonyl (C=O) groups excluding carboxylic acids is 3. The van der Waals surface area contributed by atoms with Crippen molar-refractivity contribution >= 4 is 23.9 Å². The summed E-state index contributed by atoms with van der Waals surface area (Å²) in [5, 5.41) is 214. The lowest BCUT2D eigenvalue weighted by Crippen LogP contribution is -2.66. The van der Waals surface area contributed by atoms with Gasteiger partial charge in [0.05, 0.1) is 74.3 Å². The van der Waals surface area contributed by atoms with Crippen LogP contribution in [-0.4, -0.2) is 381 Å². The molecule has 0 aromatic heterocycles. The van der Waals surface area contributed by atoms with Crippen molar-refractivity contribution in [1.82, 2.24) is 0 Å². The molecule has 0 aromatic rings. The molecule has 6 aliphatic heterocycles. The topological polar surface area (TPSA) is 611 Å². The number of aliphatic hydroxyl groups is 19. The second-order valence-electron chi connectivity index (χ2n) is 29.2. The Morgan fingerprint density at radius 3 is 1.39 bits per heavy atom. The van der Waals surface area contributed by atoms with E-state index < -0.39 is 290 Å². The van der Waals surface area contributed by atoms with Crippen molar-refractivity contribution in [2.24, 2.45) is 23.7 Å². The smallest absolute Gasteiger partial charge is 0.330 e.